The summed E-state index contributed by atoms with van der Waals surface area (Å²) >= 11 is 0. The number of hydrogen-bond donors (Lipinski definition) is 2. The normalized spacial score (nSPS) is 23.1. The Kier molecular flexibility index (Phi) is 6.72. The second-order valence-electron chi connectivity index (χ2n) is 9.46. The van der Waals surface area contributed by atoms with Gasteiger partial charge in [0.05, 0.1) is 12.5 Å². The number of amides is 2. The van der Waals surface area contributed by atoms with Gasteiger partial charge in [-0.2, -0.15) is 0 Å². The lowest BCUT2D eigenvalue weighted by Gasteiger charge is -2.26. The Morgan fingerprint density at radius 1 is 1.00 bits per heavy atom. The summed E-state index contributed by atoms with van der Waals surface area (Å²) < 4.78 is 11.5. The van der Waals surface area contributed by atoms with E-state index in [9.17, 15) is 14.4 Å². The van der Waals surface area contributed by atoms with E-state index in [2.05, 4.69) is 29.6 Å². The first-order valence-corrected chi connectivity index (χ1v) is 12.3. The van der Waals surface area contributed by atoms with Crippen molar-refractivity contribution in [2.75, 3.05) is 19.7 Å². The Balaban J connectivity index is 1.10. The summed E-state index contributed by atoms with van der Waals surface area (Å²) in [7, 11) is 0. The highest BCUT2D eigenvalue weighted by atomic mass is 16.5. The molecule has 35 heavy (non-hydrogen) atoms. The molecule has 2 saturated heterocycles. The number of ether oxygens (including phenoxy) is 2. The summed E-state index contributed by atoms with van der Waals surface area (Å²) in [6, 6.07) is 16.1. The number of nitrogens with zero attached hydrogens (tertiary/aromatic N) is 1. The highest BCUT2D eigenvalue weighted by molar-refractivity contribution is 5.82. The first-order chi connectivity index (χ1) is 17.0. The van der Waals surface area contributed by atoms with Gasteiger partial charge in [0.25, 0.3) is 5.91 Å². The smallest absolute Gasteiger partial charge is 0.407 e. The number of fused-ring (bicyclic) bond motifs is 3. The Morgan fingerprint density at radius 2 is 1.69 bits per heavy atom. The summed E-state index contributed by atoms with van der Waals surface area (Å²) in [5.41, 5.74) is 4.67. The Bertz CT molecular complexity index is 1070. The standard InChI is InChI=1S/C27H30N2O6/c30-25(31)14-17-6-5-13-29(17)26(32)24-12-11-18(35-24)15-28-27(33)34-16-23-21-9-3-1-7-19(21)20-8-2-4-10-22(20)23/h1-4,7-10,17-18,23-24H,5-6,11-16H2,(H,28,33)(H,30,31)/t17-,18?,24?/m1/s1. The van der Waals surface area contributed by atoms with E-state index in [1.165, 1.54) is 11.1 Å². The first kappa shape index (κ1) is 23.4. The maximum Gasteiger partial charge on any atom is 0.407 e. The van der Waals surface area contributed by atoms with Crippen molar-refractivity contribution < 1.29 is 29.0 Å². The van der Waals surface area contributed by atoms with Crippen LogP contribution in [0.2, 0.25) is 0 Å². The molecule has 0 aromatic heterocycles. The molecule has 0 radical (unpaired) electrons. The molecule has 3 atom stereocenters. The van der Waals surface area contributed by atoms with Gasteiger partial charge in [0, 0.05) is 25.0 Å². The van der Waals surface area contributed by atoms with Gasteiger partial charge in [-0.05, 0) is 47.9 Å². The molecule has 0 spiro atoms. The number of carbonyl (C=O) groups is 3. The second-order valence-corrected chi connectivity index (χ2v) is 9.46. The second kappa shape index (κ2) is 10.1. The van der Waals surface area contributed by atoms with Crippen molar-refractivity contribution >= 4 is 18.0 Å². The number of hydrogen-bond acceptors (Lipinski definition) is 5. The third-order valence-electron chi connectivity index (χ3n) is 7.27. The van der Waals surface area contributed by atoms with Gasteiger partial charge in [-0.25, -0.2) is 4.79 Å². The van der Waals surface area contributed by atoms with Crippen molar-refractivity contribution in [2.45, 2.75) is 56.3 Å². The molecular formula is C27H30N2O6. The minimum Gasteiger partial charge on any atom is -0.481 e. The lowest BCUT2D eigenvalue weighted by Crippen LogP contribution is -2.43. The molecule has 2 unspecified atom stereocenters. The van der Waals surface area contributed by atoms with Crippen LogP contribution in [-0.4, -0.2) is 65.9 Å². The van der Waals surface area contributed by atoms with E-state index in [1.807, 2.05) is 24.3 Å². The zero-order valence-corrected chi connectivity index (χ0v) is 19.5. The van der Waals surface area contributed by atoms with Crippen LogP contribution in [0.15, 0.2) is 48.5 Å². The van der Waals surface area contributed by atoms with Crippen LogP contribution in [0.25, 0.3) is 11.1 Å². The molecule has 8 heteroatoms. The summed E-state index contributed by atoms with van der Waals surface area (Å²) in [5.74, 6) is -1.04. The number of carbonyl (C=O) groups excluding carboxylic acids is 2. The molecular weight excluding hydrogens is 448 g/mol. The highest BCUT2D eigenvalue weighted by Gasteiger charge is 2.38. The molecule has 1 aliphatic carbocycles. The van der Waals surface area contributed by atoms with Crippen molar-refractivity contribution in [1.82, 2.24) is 10.2 Å². The van der Waals surface area contributed by atoms with Gasteiger partial charge in [0.15, 0.2) is 0 Å². The van der Waals surface area contributed by atoms with Crippen molar-refractivity contribution in [1.29, 1.82) is 0 Å². The predicted octanol–water partition coefficient (Wildman–Crippen LogP) is 3.54. The lowest BCUT2D eigenvalue weighted by atomic mass is 9.98. The van der Waals surface area contributed by atoms with Crippen molar-refractivity contribution in [3.05, 3.63) is 59.7 Å². The van der Waals surface area contributed by atoms with Gasteiger partial charge in [0.2, 0.25) is 0 Å². The van der Waals surface area contributed by atoms with Crippen molar-refractivity contribution in [3.63, 3.8) is 0 Å². The van der Waals surface area contributed by atoms with Gasteiger partial charge in [-0.15, -0.1) is 0 Å². The molecule has 2 amide bonds. The van der Waals surface area contributed by atoms with Crippen LogP contribution >= 0.6 is 0 Å². The Hall–Kier alpha value is -3.39. The highest BCUT2D eigenvalue weighted by Crippen LogP contribution is 2.44. The molecule has 8 nitrogen and oxygen atoms in total. The minimum absolute atomic E-state index is 0.00269. The van der Waals surface area contributed by atoms with Crippen molar-refractivity contribution in [2.24, 2.45) is 0 Å². The van der Waals surface area contributed by atoms with E-state index in [0.29, 0.717) is 25.8 Å². The van der Waals surface area contributed by atoms with Crippen LogP contribution < -0.4 is 5.32 Å². The number of alkyl carbamates (subject to hydrolysis) is 1. The van der Waals surface area contributed by atoms with E-state index in [4.69, 9.17) is 14.6 Å². The minimum atomic E-state index is -0.896. The number of benzene rings is 2. The maximum absolute atomic E-state index is 12.9. The van der Waals surface area contributed by atoms with E-state index >= 15 is 0 Å². The van der Waals surface area contributed by atoms with Crippen molar-refractivity contribution in [3.8, 4) is 11.1 Å². The number of nitrogens with one attached hydrogen (secondary N) is 1. The van der Waals surface area contributed by atoms with Crippen LogP contribution in [-0.2, 0) is 19.1 Å². The first-order valence-electron chi connectivity index (χ1n) is 12.3. The molecule has 5 rings (SSSR count). The average Bonchev–Trinajstić information content (AvgIpc) is 3.59. The number of carboxylic acids is 1. The molecule has 3 aliphatic rings. The molecule has 2 aromatic rings. The zero-order valence-electron chi connectivity index (χ0n) is 19.5. The molecule has 0 saturated carbocycles. The fourth-order valence-corrected chi connectivity index (χ4v) is 5.61. The Labute approximate surface area is 204 Å². The number of likely N-dealkylation sites (tertiary alicyclic amines) is 1. The van der Waals surface area contributed by atoms with Crippen LogP contribution in [0.3, 0.4) is 0 Å². The topological polar surface area (TPSA) is 105 Å². The van der Waals surface area contributed by atoms with Gasteiger partial charge in [-0.1, -0.05) is 48.5 Å². The van der Waals surface area contributed by atoms with E-state index in [0.717, 1.165) is 17.5 Å². The van der Waals surface area contributed by atoms with Gasteiger partial charge < -0.3 is 24.8 Å². The number of carboxylic acid groups (broad SMARTS) is 1. The fourth-order valence-electron chi connectivity index (χ4n) is 5.61. The van der Waals surface area contributed by atoms with E-state index in [1.54, 1.807) is 4.90 Å². The predicted molar refractivity (Wildman–Crippen MR) is 128 cm³/mol. The molecule has 2 N–H and O–H groups in total. The van der Waals surface area contributed by atoms with Gasteiger partial charge >= 0.3 is 12.1 Å². The van der Waals surface area contributed by atoms with Crippen LogP contribution in [0.1, 0.15) is 49.1 Å². The molecule has 2 heterocycles. The summed E-state index contributed by atoms with van der Waals surface area (Å²) in [4.78, 5) is 38.0. The van der Waals surface area contributed by atoms with Crippen LogP contribution in [0.5, 0.6) is 0 Å². The molecule has 184 valence electrons. The van der Waals surface area contributed by atoms with Crippen LogP contribution in [0, 0.1) is 0 Å². The fraction of sp³-hybridized carbons (Fsp3) is 0.444. The van der Waals surface area contributed by atoms with Crippen LogP contribution in [0.4, 0.5) is 4.79 Å². The number of aliphatic carboxylic acids is 1. The summed E-state index contributed by atoms with van der Waals surface area (Å²) in [6.45, 7) is 1.07. The monoisotopic (exact) mass is 478 g/mol. The number of rotatable bonds is 7. The SMILES string of the molecule is O=C(O)C[C@H]1CCCN1C(=O)C1CCC(CNC(=O)OCC2c3ccccc3-c3ccccc32)O1. The quantitative estimate of drug-likeness (QED) is 0.631. The molecule has 2 aliphatic heterocycles. The largest absolute Gasteiger partial charge is 0.481 e. The van der Waals surface area contributed by atoms with E-state index in [-0.39, 0.29) is 43.5 Å². The van der Waals surface area contributed by atoms with Gasteiger partial charge in [-0.3, -0.25) is 9.59 Å². The van der Waals surface area contributed by atoms with E-state index < -0.39 is 18.2 Å². The van der Waals surface area contributed by atoms with Gasteiger partial charge in [0.1, 0.15) is 12.7 Å². The molecule has 0 bridgehead atoms. The molecule has 2 aromatic carbocycles. The zero-order chi connectivity index (χ0) is 24.4. The maximum atomic E-state index is 12.9. The third-order valence-corrected chi connectivity index (χ3v) is 7.27. The summed E-state index contributed by atoms with van der Waals surface area (Å²) in [5, 5.41) is 11.9. The third kappa shape index (κ3) is 4.89. The average molecular weight is 479 g/mol. The summed E-state index contributed by atoms with van der Waals surface area (Å²) in [6.07, 6.45) is 1.32. The molecule has 2 fully saturated rings. The Morgan fingerprint density at radius 3 is 2.37 bits per heavy atom. The lowest BCUT2D eigenvalue weighted by molar-refractivity contribution is -0.145.